The minimum absolute atomic E-state index is 0.347. The molecule has 1 heterocycles. The summed E-state index contributed by atoms with van der Waals surface area (Å²) in [6.45, 7) is 6.03. The molecule has 100 valence electrons. The number of aromatic nitrogens is 1. The second-order valence-electron chi connectivity index (χ2n) is 4.52. The van der Waals surface area contributed by atoms with Gasteiger partial charge in [-0.15, -0.1) is 0 Å². The fourth-order valence-electron chi connectivity index (χ4n) is 1.93. The smallest absolute Gasteiger partial charge is 0.329 e. The largest absolute Gasteiger partial charge is 0.480 e. The summed E-state index contributed by atoms with van der Waals surface area (Å²) in [5, 5.41) is 11.8. The second-order valence-corrected chi connectivity index (χ2v) is 4.52. The van der Waals surface area contributed by atoms with Crippen molar-refractivity contribution in [2.75, 3.05) is 0 Å². The van der Waals surface area contributed by atoms with Crippen LogP contribution in [0.3, 0.4) is 0 Å². The molecular formula is C13H20N2O3. The zero-order valence-corrected chi connectivity index (χ0v) is 11.1. The van der Waals surface area contributed by atoms with E-state index in [1.807, 2.05) is 13.8 Å². The van der Waals surface area contributed by atoms with Gasteiger partial charge in [-0.3, -0.25) is 4.79 Å². The van der Waals surface area contributed by atoms with E-state index in [-0.39, 0.29) is 5.91 Å². The van der Waals surface area contributed by atoms with Crippen LogP contribution in [0.1, 0.15) is 44.1 Å². The number of carboxylic acid groups (broad SMARTS) is 1. The van der Waals surface area contributed by atoms with Crippen LogP contribution in [-0.2, 0) is 11.3 Å². The molecule has 0 aliphatic rings. The molecule has 0 aliphatic carbocycles. The lowest BCUT2D eigenvalue weighted by Gasteiger charge is -2.25. The number of nitrogens with one attached hydrogen (secondary N) is 1. The highest BCUT2D eigenvalue weighted by molar-refractivity contribution is 5.96. The van der Waals surface area contributed by atoms with Crippen molar-refractivity contribution in [3.63, 3.8) is 0 Å². The third kappa shape index (κ3) is 2.91. The quantitative estimate of drug-likeness (QED) is 0.812. The van der Waals surface area contributed by atoms with E-state index in [9.17, 15) is 14.7 Å². The van der Waals surface area contributed by atoms with Crippen LogP contribution >= 0.6 is 0 Å². The van der Waals surface area contributed by atoms with Crippen LogP contribution in [0, 0.1) is 0 Å². The van der Waals surface area contributed by atoms with E-state index in [0.717, 1.165) is 0 Å². The Balaban J connectivity index is 2.89. The van der Waals surface area contributed by atoms with E-state index >= 15 is 0 Å². The number of hydrogen-bond acceptors (Lipinski definition) is 2. The number of carbonyl (C=O) groups is 2. The predicted octanol–water partition coefficient (Wildman–Crippen LogP) is 1.88. The Kier molecular flexibility index (Phi) is 4.53. The number of rotatable bonds is 6. The fourth-order valence-corrected chi connectivity index (χ4v) is 1.93. The molecule has 1 aromatic heterocycles. The van der Waals surface area contributed by atoms with E-state index in [2.05, 4.69) is 5.32 Å². The Morgan fingerprint density at radius 1 is 1.44 bits per heavy atom. The summed E-state index contributed by atoms with van der Waals surface area (Å²) in [5.41, 5.74) is -0.727. The highest BCUT2D eigenvalue weighted by Gasteiger charge is 2.34. The Labute approximate surface area is 107 Å². The number of amides is 1. The summed E-state index contributed by atoms with van der Waals surface area (Å²) in [5.74, 6) is -1.35. The van der Waals surface area contributed by atoms with Crippen molar-refractivity contribution in [1.29, 1.82) is 0 Å². The first-order valence-electron chi connectivity index (χ1n) is 6.15. The molecule has 5 nitrogen and oxygen atoms in total. The number of carbonyl (C=O) groups excluding carboxylic acids is 1. The van der Waals surface area contributed by atoms with Crippen molar-refractivity contribution in [2.24, 2.45) is 0 Å². The first kappa shape index (κ1) is 14.3. The number of carboxylic acids is 1. The van der Waals surface area contributed by atoms with Gasteiger partial charge >= 0.3 is 5.97 Å². The van der Waals surface area contributed by atoms with Gasteiger partial charge in [-0.25, -0.2) is 4.79 Å². The van der Waals surface area contributed by atoms with Crippen molar-refractivity contribution in [3.8, 4) is 0 Å². The number of hydrogen-bond donors (Lipinski definition) is 2. The molecule has 2 N–H and O–H groups in total. The van der Waals surface area contributed by atoms with Crippen LogP contribution in [0.15, 0.2) is 18.3 Å². The first-order valence-corrected chi connectivity index (χ1v) is 6.15. The zero-order chi connectivity index (χ0) is 13.8. The van der Waals surface area contributed by atoms with Gasteiger partial charge in [0, 0.05) is 12.7 Å². The summed E-state index contributed by atoms with van der Waals surface area (Å²) in [4.78, 5) is 23.3. The number of aryl methyl sites for hydroxylation is 1. The SMILES string of the molecule is CCCC(C)(NC(=O)c1cccn1CC)C(=O)O. The summed E-state index contributed by atoms with van der Waals surface area (Å²) >= 11 is 0. The third-order valence-corrected chi connectivity index (χ3v) is 3.01. The molecule has 0 aliphatic heterocycles. The van der Waals surface area contributed by atoms with Crippen LogP contribution in [-0.4, -0.2) is 27.1 Å². The molecule has 0 radical (unpaired) electrons. The standard InChI is InChI=1S/C13H20N2O3/c1-4-8-13(3,12(17)18)14-11(16)10-7-6-9-15(10)5-2/h6-7,9H,4-5,8H2,1-3H3,(H,14,16)(H,17,18). The zero-order valence-electron chi connectivity index (χ0n) is 11.1. The lowest BCUT2D eigenvalue weighted by molar-refractivity contribution is -0.144. The van der Waals surface area contributed by atoms with Crippen molar-refractivity contribution >= 4 is 11.9 Å². The average Bonchev–Trinajstić information content (AvgIpc) is 2.76. The highest BCUT2D eigenvalue weighted by atomic mass is 16.4. The maximum atomic E-state index is 12.1. The summed E-state index contributed by atoms with van der Waals surface area (Å²) in [6.07, 6.45) is 2.89. The van der Waals surface area contributed by atoms with Crippen molar-refractivity contribution < 1.29 is 14.7 Å². The van der Waals surface area contributed by atoms with Gasteiger partial charge in [0.25, 0.3) is 5.91 Å². The highest BCUT2D eigenvalue weighted by Crippen LogP contribution is 2.14. The topological polar surface area (TPSA) is 71.3 Å². The Bertz CT molecular complexity index is 439. The fraction of sp³-hybridized carbons (Fsp3) is 0.538. The Morgan fingerprint density at radius 3 is 2.61 bits per heavy atom. The van der Waals surface area contributed by atoms with Crippen LogP contribution in [0.2, 0.25) is 0 Å². The lowest BCUT2D eigenvalue weighted by atomic mass is 9.96. The molecule has 18 heavy (non-hydrogen) atoms. The van der Waals surface area contributed by atoms with Gasteiger partial charge < -0.3 is 15.0 Å². The number of aliphatic carboxylic acids is 1. The molecule has 1 unspecified atom stereocenters. The average molecular weight is 252 g/mol. The van der Waals surface area contributed by atoms with Gasteiger partial charge in [0.1, 0.15) is 11.2 Å². The molecule has 1 amide bonds. The van der Waals surface area contributed by atoms with Crippen LogP contribution in [0.5, 0.6) is 0 Å². The molecule has 0 spiro atoms. The van der Waals surface area contributed by atoms with Gasteiger partial charge in [0.2, 0.25) is 0 Å². The van der Waals surface area contributed by atoms with Gasteiger partial charge in [0.05, 0.1) is 0 Å². The molecule has 0 aromatic carbocycles. The summed E-state index contributed by atoms with van der Waals surface area (Å²) in [6, 6.07) is 3.46. The van der Waals surface area contributed by atoms with Gasteiger partial charge in [-0.05, 0) is 32.4 Å². The molecular weight excluding hydrogens is 232 g/mol. The van der Waals surface area contributed by atoms with E-state index in [4.69, 9.17) is 0 Å². The number of nitrogens with zero attached hydrogens (tertiary/aromatic N) is 1. The van der Waals surface area contributed by atoms with Crippen LogP contribution in [0.25, 0.3) is 0 Å². The molecule has 1 aromatic rings. The van der Waals surface area contributed by atoms with Crippen molar-refractivity contribution in [3.05, 3.63) is 24.0 Å². The maximum Gasteiger partial charge on any atom is 0.329 e. The minimum atomic E-state index is -1.21. The van der Waals surface area contributed by atoms with Crippen molar-refractivity contribution in [1.82, 2.24) is 9.88 Å². The normalized spacial score (nSPS) is 13.9. The summed E-state index contributed by atoms with van der Waals surface area (Å²) in [7, 11) is 0. The molecule has 1 rings (SSSR count). The van der Waals surface area contributed by atoms with Gasteiger partial charge in [-0.2, -0.15) is 0 Å². The third-order valence-electron chi connectivity index (χ3n) is 3.01. The lowest BCUT2D eigenvalue weighted by Crippen LogP contribution is -2.52. The van der Waals surface area contributed by atoms with Crippen LogP contribution < -0.4 is 5.32 Å². The van der Waals surface area contributed by atoms with E-state index < -0.39 is 11.5 Å². The van der Waals surface area contributed by atoms with Crippen molar-refractivity contribution in [2.45, 2.75) is 45.7 Å². The Morgan fingerprint density at radius 2 is 2.11 bits per heavy atom. The molecule has 0 saturated carbocycles. The van der Waals surface area contributed by atoms with Gasteiger partial charge in [-0.1, -0.05) is 13.3 Å². The monoisotopic (exact) mass is 252 g/mol. The Hall–Kier alpha value is -1.78. The van der Waals surface area contributed by atoms with Crippen LogP contribution in [0.4, 0.5) is 0 Å². The molecule has 0 saturated heterocycles. The first-order chi connectivity index (χ1) is 8.44. The molecule has 0 bridgehead atoms. The van der Waals surface area contributed by atoms with Gasteiger partial charge in [0.15, 0.2) is 0 Å². The maximum absolute atomic E-state index is 12.1. The van der Waals surface area contributed by atoms with E-state index in [0.29, 0.717) is 25.1 Å². The predicted molar refractivity (Wildman–Crippen MR) is 68.5 cm³/mol. The summed E-state index contributed by atoms with van der Waals surface area (Å²) < 4.78 is 1.78. The molecule has 5 heteroatoms. The van der Waals surface area contributed by atoms with E-state index in [1.54, 1.807) is 22.9 Å². The molecule has 0 fully saturated rings. The van der Waals surface area contributed by atoms with E-state index in [1.165, 1.54) is 6.92 Å². The minimum Gasteiger partial charge on any atom is -0.480 e. The second kappa shape index (κ2) is 5.71. The molecule has 1 atom stereocenters.